The number of hydrogen-bond acceptors (Lipinski definition) is 4. The van der Waals surface area contributed by atoms with Gasteiger partial charge in [-0.05, 0) is 42.4 Å². The number of halogens is 4. The van der Waals surface area contributed by atoms with Crippen molar-refractivity contribution in [3.05, 3.63) is 59.7 Å². The fraction of sp³-hybridized carbons (Fsp3) is 0.333. The first kappa shape index (κ1) is 22.1. The molecule has 0 unspecified atom stereocenters. The topological polar surface area (TPSA) is 43.9 Å². The van der Waals surface area contributed by atoms with Crippen molar-refractivity contribution in [3.8, 4) is 0 Å². The van der Waals surface area contributed by atoms with E-state index < -0.39 is 17.3 Å². The van der Waals surface area contributed by atoms with E-state index in [2.05, 4.69) is 4.90 Å². The number of amides is 1. The third-order valence-corrected chi connectivity index (χ3v) is 5.23. The third-order valence-electron chi connectivity index (χ3n) is 5.02. The molecule has 0 N–H and O–H groups in total. The van der Waals surface area contributed by atoms with E-state index >= 15 is 0 Å². The summed E-state index contributed by atoms with van der Waals surface area (Å²) in [5.41, 5.74) is 0.821. The Hall–Kier alpha value is -2.58. The van der Waals surface area contributed by atoms with Crippen LogP contribution in [0.15, 0.2) is 48.5 Å². The van der Waals surface area contributed by atoms with E-state index in [1.54, 1.807) is 36.4 Å². The van der Waals surface area contributed by atoms with E-state index in [1.165, 1.54) is 12.1 Å². The molecule has 0 bridgehead atoms. The first-order valence-electron chi connectivity index (χ1n) is 9.37. The number of nitrogens with zero attached hydrogens (tertiary/aromatic N) is 3. The molecule has 2 aromatic carbocycles. The van der Waals surface area contributed by atoms with Crippen LogP contribution < -0.4 is 9.80 Å². The van der Waals surface area contributed by atoms with Crippen molar-refractivity contribution in [1.29, 1.82) is 0 Å². The Bertz CT molecular complexity index is 913. The van der Waals surface area contributed by atoms with Gasteiger partial charge in [0.15, 0.2) is 0 Å². The lowest BCUT2D eigenvalue weighted by atomic mass is 10.1. The fourth-order valence-electron chi connectivity index (χ4n) is 3.36. The average Bonchev–Trinajstić information content (AvgIpc) is 2.71. The van der Waals surface area contributed by atoms with E-state index in [0.29, 0.717) is 29.2 Å². The summed E-state index contributed by atoms with van der Waals surface area (Å²) in [5, 5.41) is -0.928. The molecule has 1 saturated heterocycles. The van der Waals surface area contributed by atoms with Crippen LogP contribution in [0, 0.1) is 0 Å². The maximum atomic E-state index is 13.4. The Labute approximate surface area is 177 Å². The van der Waals surface area contributed by atoms with Gasteiger partial charge in [-0.1, -0.05) is 30.3 Å². The number of carbonyl (C=O) groups excluding carboxylic acids is 2. The molecular weight excluding hydrogens is 419 g/mol. The normalized spacial score (nSPS) is 15.2. The van der Waals surface area contributed by atoms with Crippen LogP contribution in [-0.4, -0.2) is 55.5 Å². The number of hydrogen-bond donors (Lipinski definition) is 0. The van der Waals surface area contributed by atoms with E-state index in [-0.39, 0.29) is 17.8 Å². The maximum absolute atomic E-state index is 13.4. The van der Waals surface area contributed by atoms with Crippen molar-refractivity contribution in [3.63, 3.8) is 0 Å². The minimum absolute atomic E-state index is 0.150. The summed E-state index contributed by atoms with van der Waals surface area (Å²) in [7, 11) is 1.99. The van der Waals surface area contributed by atoms with Gasteiger partial charge in [0.1, 0.15) is 0 Å². The van der Waals surface area contributed by atoms with Crippen molar-refractivity contribution >= 4 is 34.1 Å². The van der Waals surface area contributed by atoms with Gasteiger partial charge < -0.3 is 9.80 Å². The highest BCUT2D eigenvalue weighted by Crippen LogP contribution is 2.33. The first-order valence-corrected chi connectivity index (χ1v) is 9.74. The van der Waals surface area contributed by atoms with Crippen molar-refractivity contribution in [2.75, 3.05) is 43.0 Å². The van der Waals surface area contributed by atoms with E-state index in [0.717, 1.165) is 13.1 Å². The number of rotatable bonds is 5. The molecule has 0 aromatic heterocycles. The summed E-state index contributed by atoms with van der Waals surface area (Å²) in [4.78, 5) is 29.0. The molecule has 30 heavy (non-hydrogen) atoms. The molecule has 1 fully saturated rings. The third kappa shape index (κ3) is 5.12. The lowest BCUT2D eigenvalue weighted by Crippen LogP contribution is -2.45. The number of alkyl halides is 3. The zero-order valence-corrected chi connectivity index (χ0v) is 17.1. The molecule has 9 heteroatoms. The number of benzene rings is 2. The maximum Gasteiger partial charge on any atom is 0.471 e. The van der Waals surface area contributed by atoms with Crippen LogP contribution in [0.2, 0.25) is 0 Å². The fourth-order valence-corrected chi connectivity index (χ4v) is 3.52. The van der Waals surface area contributed by atoms with Crippen LogP contribution in [0.1, 0.15) is 15.9 Å². The Morgan fingerprint density at radius 3 is 2.23 bits per heavy atom. The molecule has 0 spiro atoms. The van der Waals surface area contributed by atoms with Gasteiger partial charge in [0.2, 0.25) is 0 Å². The average molecular weight is 440 g/mol. The zero-order valence-electron chi connectivity index (χ0n) is 16.3. The molecule has 0 radical (unpaired) electrons. The Morgan fingerprint density at radius 2 is 1.67 bits per heavy atom. The summed E-state index contributed by atoms with van der Waals surface area (Å²) >= 11 is 5.65. The van der Waals surface area contributed by atoms with Gasteiger partial charge in [0, 0.05) is 31.9 Å². The molecule has 0 saturated carbocycles. The lowest BCUT2D eigenvalue weighted by Gasteiger charge is -2.35. The van der Waals surface area contributed by atoms with Crippen LogP contribution >= 0.6 is 11.6 Å². The van der Waals surface area contributed by atoms with Gasteiger partial charge in [0.25, 0.3) is 5.24 Å². The Kier molecular flexibility index (Phi) is 6.67. The number of piperazine rings is 1. The summed E-state index contributed by atoms with van der Waals surface area (Å²) in [6, 6.07) is 12.7. The van der Waals surface area contributed by atoms with Crippen molar-refractivity contribution in [1.82, 2.24) is 4.90 Å². The second-order valence-electron chi connectivity index (χ2n) is 7.14. The second kappa shape index (κ2) is 9.06. The molecule has 160 valence electrons. The van der Waals surface area contributed by atoms with Gasteiger partial charge in [-0.2, -0.15) is 13.2 Å². The number of carbonyl (C=O) groups is 2. The van der Waals surface area contributed by atoms with Gasteiger partial charge >= 0.3 is 12.1 Å². The van der Waals surface area contributed by atoms with Crippen molar-refractivity contribution < 1.29 is 22.8 Å². The van der Waals surface area contributed by atoms with E-state index in [4.69, 9.17) is 11.6 Å². The van der Waals surface area contributed by atoms with E-state index in [9.17, 15) is 22.8 Å². The Balaban J connectivity index is 2.06. The largest absolute Gasteiger partial charge is 0.471 e. The first-order chi connectivity index (χ1) is 14.2. The highest BCUT2D eigenvalue weighted by atomic mass is 35.5. The molecule has 1 aliphatic rings. The summed E-state index contributed by atoms with van der Waals surface area (Å²) < 4.78 is 40.2. The van der Waals surface area contributed by atoms with Gasteiger partial charge in [-0.25, -0.2) is 0 Å². The molecule has 0 aliphatic carbocycles. The molecule has 1 heterocycles. The zero-order chi connectivity index (χ0) is 21.9. The molecule has 0 atom stereocenters. The van der Waals surface area contributed by atoms with Crippen molar-refractivity contribution in [2.24, 2.45) is 0 Å². The van der Waals surface area contributed by atoms with Crippen LogP contribution in [0.25, 0.3) is 0 Å². The molecule has 3 rings (SSSR count). The van der Waals surface area contributed by atoms with Crippen LogP contribution in [-0.2, 0) is 11.3 Å². The number of anilines is 2. The highest BCUT2D eigenvalue weighted by molar-refractivity contribution is 6.68. The van der Waals surface area contributed by atoms with E-state index in [1.807, 2.05) is 11.9 Å². The van der Waals surface area contributed by atoms with Crippen LogP contribution in [0.5, 0.6) is 0 Å². The lowest BCUT2D eigenvalue weighted by molar-refractivity contribution is -0.170. The highest BCUT2D eigenvalue weighted by Gasteiger charge is 2.44. The summed E-state index contributed by atoms with van der Waals surface area (Å²) in [5.74, 6) is -2.05. The minimum atomic E-state index is -5.11. The molecule has 1 aliphatic heterocycles. The predicted octanol–water partition coefficient (Wildman–Crippen LogP) is 3.91. The summed E-state index contributed by atoms with van der Waals surface area (Å²) in [6.07, 6.45) is -5.11. The Morgan fingerprint density at radius 1 is 1.03 bits per heavy atom. The quantitative estimate of drug-likeness (QED) is 0.662. The monoisotopic (exact) mass is 439 g/mol. The molecule has 1 amide bonds. The smallest absolute Gasteiger partial charge is 0.369 e. The van der Waals surface area contributed by atoms with Crippen LogP contribution in [0.4, 0.5) is 24.5 Å². The summed E-state index contributed by atoms with van der Waals surface area (Å²) in [6.45, 7) is 2.59. The second-order valence-corrected chi connectivity index (χ2v) is 7.48. The standard InChI is InChI=1S/C21H21ClF3N3O2/c1-26-9-11-27(12-10-26)16-7-8-17(19(22)29)18(13-16)28(20(30)21(23,24)25)14-15-5-3-2-4-6-15/h2-8,13H,9-12,14H2,1H3. The van der Waals surface area contributed by atoms with Crippen molar-refractivity contribution in [2.45, 2.75) is 12.7 Å². The van der Waals surface area contributed by atoms with Gasteiger partial charge in [-0.3, -0.25) is 14.5 Å². The predicted molar refractivity (Wildman–Crippen MR) is 110 cm³/mol. The van der Waals surface area contributed by atoms with Gasteiger partial charge in [-0.15, -0.1) is 0 Å². The molecule has 5 nitrogen and oxygen atoms in total. The molecule has 2 aromatic rings. The molecular formula is C21H21ClF3N3O2. The number of likely N-dealkylation sites (N-methyl/N-ethyl adjacent to an activating group) is 1. The SMILES string of the molecule is CN1CCN(c2ccc(C(=O)Cl)c(N(Cc3ccccc3)C(=O)C(F)(F)F)c2)CC1. The van der Waals surface area contributed by atoms with Gasteiger partial charge in [0.05, 0.1) is 17.8 Å². The minimum Gasteiger partial charge on any atom is -0.369 e. The van der Waals surface area contributed by atoms with Crippen LogP contribution in [0.3, 0.4) is 0 Å².